The zero-order valence-electron chi connectivity index (χ0n) is 17.0. The van der Waals surface area contributed by atoms with Crippen LogP contribution in [0.1, 0.15) is 29.9 Å². The summed E-state index contributed by atoms with van der Waals surface area (Å²) >= 11 is 0. The predicted molar refractivity (Wildman–Crippen MR) is 111 cm³/mol. The van der Waals surface area contributed by atoms with Gasteiger partial charge in [-0.05, 0) is 68.0 Å². The molecule has 0 amide bonds. The van der Waals surface area contributed by atoms with Crippen LogP contribution in [0.15, 0.2) is 51.9 Å². The van der Waals surface area contributed by atoms with Gasteiger partial charge in [0.25, 0.3) is 0 Å². The highest BCUT2D eigenvalue weighted by atomic mass is 32.2. The standard InChI is InChI=1S/C22H24FN3O3S/c1-15-9-10-18(12-16(15)2)30(27,28)26-11-5-6-17(14-26)13-21-24-22(25-29-21)19-7-3-4-8-20(19)23/h3-4,7-10,12,17H,5-6,11,13-14H2,1-2H3. The monoisotopic (exact) mass is 429 g/mol. The van der Waals surface area contributed by atoms with Crippen LogP contribution < -0.4 is 0 Å². The van der Waals surface area contributed by atoms with Crippen molar-refractivity contribution in [1.29, 1.82) is 0 Å². The Hall–Kier alpha value is -2.58. The van der Waals surface area contributed by atoms with Gasteiger partial charge in [0.1, 0.15) is 5.82 Å². The van der Waals surface area contributed by atoms with Gasteiger partial charge in [0.15, 0.2) is 0 Å². The molecule has 0 radical (unpaired) electrons. The van der Waals surface area contributed by atoms with Crippen molar-refractivity contribution in [2.45, 2.75) is 38.0 Å². The van der Waals surface area contributed by atoms with E-state index in [1.807, 2.05) is 19.9 Å². The lowest BCUT2D eigenvalue weighted by Gasteiger charge is -2.31. The third kappa shape index (κ3) is 4.15. The number of aromatic nitrogens is 2. The van der Waals surface area contributed by atoms with E-state index in [0.29, 0.717) is 30.3 Å². The largest absolute Gasteiger partial charge is 0.339 e. The minimum Gasteiger partial charge on any atom is -0.339 e. The van der Waals surface area contributed by atoms with Crippen LogP contribution in [0.25, 0.3) is 11.4 Å². The van der Waals surface area contributed by atoms with Crippen LogP contribution in [0.2, 0.25) is 0 Å². The molecule has 4 rings (SSSR count). The van der Waals surface area contributed by atoms with Crippen LogP contribution in [-0.2, 0) is 16.4 Å². The van der Waals surface area contributed by atoms with Gasteiger partial charge in [0.2, 0.25) is 21.7 Å². The Balaban J connectivity index is 1.48. The highest BCUT2D eigenvalue weighted by molar-refractivity contribution is 7.89. The van der Waals surface area contributed by atoms with E-state index in [1.54, 1.807) is 34.6 Å². The van der Waals surface area contributed by atoms with Gasteiger partial charge < -0.3 is 4.52 Å². The van der Waals surface area contributed by atoms with Gasteiger partial charge in [-0.2, -0.15) is 9.29 Å². The number of benzene rings is 2. The van der Waals surface area contributed by atoms with Crippen molar-refractivity contribution in [2.75, 3.05) is 13.1 Å². The zero-order chi connectivity index (χ0) is 21.3. The van der Waals surface area contributed by atoms with E-state index >= 15 is 0 Å². The lowest BCUT2D eigenvalue weighted by Crippen LogP contribution is -2.40. The fraction of sp³-hybridized carbons (Fsp3) is 0.364. The molecule has 3 aromatic rings. The normalized spacial score (nSPS) is 17.9. The third-order valence-corrected chi connectivity index (χ3v) is 7.51. The highest BCUT2D eigenvalue weighted by Crippen LogP contribution is 2.27. The van der Waals surface area contributed by atoms with Crippen molar-refractivity contribution < 1.29 is 17.3 Å². The van der Waals surface area contributed by atoms with Gasteiger partial charge in [0, 0.05) is 19.5 Å². The average molecular weight is 430 g/mol. The van der Waals surface area contributed by atoms with Crippen molar-refractivity contribution in [3.05, 3.63) is 65.3 Å². The lowest BCUT2D eigenvalue weighted by atomic mass is 9.96. The van der Waals surface area contributed by atoms with Crippen LogP contribution in [0.4, 0.5) is 4.39 Å². The summed E-state index contributed by atoms with van der Waals surface area (Å²) in [6.45, 7) is 4.77. The summed E-state index contributed by atoms with van der Waals surface area (Å²) in [7, 11) is -3.55. The van der Waals surface area contributed by atoms with E-state index in [-0.39, 0.29) is 17.3 Å². The van der Waals surface area contributed by atoms with Crippen LogP contribution in [0.5, 0.6) is 0 Å². The molecule has 1 atom stereocenters. The number of rotatable bonds is 5. The number of nitrogens with zero attached hydrogens (tertiary/aromatic N) is 3. The van der Waals surface area contributed by atoms with E-state index in [0.717, 1.165) is 24.0 Å². The summed E-state index contributed by atoms with van der Waals surface area (Å²) in [6.07, 6.45) is 2.10. The van der Waals surface area contributed by atoms with Crippen molar-refractivity contribution in [3.8, 4) is 11.4 Å². The molecule has 2 aromatic carbocycles. The summed E-state index contributed by atoms with van der Waals surface area (Å²) in [6, 6.07) is 11.5. The SMILES string of the molecule is Cc1ccc(S(=O)(=O)N2CCCC(Cc3nc(-c4ccccc4F)no3)C2)cc1C. The lowest BCUT2D eigenvalue weighted by molar-refractivity contribution is 0.247. The third-order valence-electron chi connectivity index (χ3n) is 5.64. The Morgan fingerprint density at radius 3 is 2.73 bits per heavy atom. The molecule has 158 valence electrons. The Kier molecular flexibility index (Phi) is 5.71. The number of hydrogen-bond acceptors (Lipinski definition) is 5. The van der Waals surface area contributed by atoms with Gasteiger partial charge in [-0.15, -0.1) is 0 Å². The number of hydrogen-bond donors (Lipinski definition) is 0. The summed E-state index contributed by atoms with van der Waals surface area (Å²) in [5, 5.41) is 3.89. The summed E-state index contributed by atoms with van der Waals surface area (Å²) in [5.74, 6) is 0.254. The number of aryl methyl sites for hydroxylation is 2. The van der Waals surface area contributed by atoms with Gasteiger partial charge in [0.05, 0.1) is 10.5 Å². The molecule has 1 unspecified atom stereocenters. The Morgan fingerprint density at radius 2 is 1.97 bits per heavy atom. The van der Waals surface area contributed by atoms with Gasteiger partial charge in [-0.3, -0.25) is 0 Å². The van der Waals surface area contributed by atoms with Gasteiger partial charge in [-0.25, -0.2) is 12.8 Å². The zero-order valence-corrected chi connectivity index (χ0v) is 17.8. The molecule has 0 aliphatic carbocycles. The second-order valence-electron chi connectivity index (χ2n) is 7.81. The molecule has 1 aliphatic heterocycles. The van der Waals surface area contributed by atoms with Crippen LogP contribution >= 0.6 is 0 Å². The molecule has 2 heterocycles. The molecule has 0 spiro atoms. The Bertz CT molecular complexity index is 1160. The van der Waals surface area contributed by atoms with E-state index in [2.05, 4.69) is 10.1 Å². The Morgan fingerprint density at radius 1 is 1.17 bits per heavy atom. The van der Waals surface area contributed by atoms with E-state index < -0.39 is 15.8 Å². The second-order valence-corrected chi connectivity index (χ2v) is 9.75. The molecule has 1 aromatic heterocycles. The minimum absolute atomic E-state index is 0.0639. The van der Waals surface area contributed by atoms with Crippen molar-refractivity contribution >= 4 is 10.0 Å². The fourth-order valence-electron chi connectivity index (χ4n) is 3.77. The average Bonchev–Trinajstić information content (AvgIpc) is 3.18. The first-order valence-electron chi connectivity index (χ1n) is 9.99. The van der Waals surface area contributed by atoms with E-state index in [9.17, 15) is 12.8 Å². The van der Waals surface area contributed by atoms with Crippen LogP contribution in [0, 0.1) is 25.6 Å². The maximum atomic E-state index is 13.9. The number of sulfonamides is 1. The molecule has 0 bridgehead atoms. The second kappa shape index (κ2) is 8.28. The molecule has 1 fully saturated rings. The van der Waals surface area contributed by atoms with Crippen molar-refractivity contribution in [2.24, 2.45) is 5.92 Å². The highest BCUT2D eigenvalue weighted by Gasteiger charge is 2.31. The maximum Gasteiger partial charge on any atom is 0.243 e. The molecule has 1 aliphatic rings. The van der Waals surface area contributed by atoms with E-state index in [1.165, 1.54) is 6.07 Å². The summed E-state index contributed by atoms with van der Waals surface area (Å²) in [4.78, 5) is 4.64. The van der Waals surface area contributed by atoms with Gasteiger partial charge in [-0.1, -0.05) is 23.4 Å². The molecule has 0 saturated carbocycles. The van der Waals surface area contributed by atoms with Crippen molar-refractivity contribution in [3.63, 3.8) is 0 Å². The molecule has 30 heavy (non-hydrogen) atoms. The van der Waals surface area contributed by atoms with Crippen LogP contribution in [-0.4, -0.2) is 36.0 Å². The molecule has 8 heteroatoms. The number of piperidine rings is 1. The van der Waals surface area contributed by atoms with Crippen LogP contribution in [0.3, 0.4) is 0 Å². The first-order chi connectivity index (χ1) is 14.3. The first kappa shape index (κ1) is 20.7. The maximum absolute atomic E-state index is 13.9. The summed E-state index contributed by atoms with van der Waals surface area (Å²) < 4.78 is 47.0. The van der Waals surface area contributed by atoms with Crippen molar-refractivity contribution in [1.82, 2.24) is 14.4 Å². The Labute approximate surface area is 175 Å². The smallest absolute Gasteiger partial charge is 0.243 e. The molecule has 0 N–H and O–H groups in total. The first-order valence-corrected chi connectivity index (χ1v) is 11.4. The van der Waals surface area contributed by atoms with Gasteiger partial charge >= 0.3 is 0 Å². The molecular formula is C22H24FN3O3S. The molecule has 6 nitrogen and oxygen atoms in total. The molecular weight excluding hydrogens is 405 g/mol. The fourth-order valence-corrected chi connectivity index (χ4v) is 5.41. The van der Waals surface area contributed by atoms with E-state index in [4.69, 9.17) is 4.52 Å². The predicted octanol–water partition coefficient (Wildman–Crippen LogP) is 4.14. The minimum atomic E-state index is -3.55. The quantitative estimate of drug-likeness (QED) is 0.609. The number of halogens is 1. The molecule has 1 saturated heterocycles. The topological polar surface area (TPSA) is 76.3 Å². The summed E-state index contributed by atoms with van der Waals surface area (Å²) in [5.41, 5.74) is 2.30.